The molecule has 0 spiro atoms. The Labute approximate surface area is 125 Å². The molecule has 20 heavy (non-hydrogen) atoms. The Kier molecular flexibility index (Phi) is 3.70. The quantitative estimate of drug-likeness (QED) is 0.704. The summed E-state index contributed by atoms with van der Waals surface area (Å²) < 4.78 is 11.1. The normalized spacial score (nSPS) is 17.2. The van der Waals surface area contributed by atoms with E-state index in [0.29, 0.717) is 9.37 Å². The van der Waals surface area contributed by atoms with Crippen molar-refractivity contribution in [3.63, 3.8) is 0 Å². The summed E-state index contributed by atoms with van der Waals surface area (Å²) in [6.07, 6.45) is -0.867. The molecule has 1 amide bonds. The van der Waals surface area contributed by atoms with Crippen LogP contribution in [0.4, 0.5) is 4.79 Å². The van der Waals surface area contributed by atoms with Gasteiger partial charge in [-0.2, -0.15) is 0 Å². The molecule has 0 unspecified atom stereocenters. The summed E-state index contributed by atoms with van der Waals surface area (Å²) >= 11 is 3.26. The summed E-state index contributed by atoms with van der Waals surface area (Å²) in [5, 5.41) is 20.5. The average Bonchev–Trinajstić information content (AvgIpc) is 2.27. The lowest BCUT2D eigenvalue weighted by atomic mass is 10.1. The average molecular weight is 346 g/mol. The molecule has 0 radical (unpaired) electrons. The molecule has 0 saturated carbocycles. The molecule has 1 aliphatic heterocycles. The summed E-state index contributed by atoms with van der Waals surface area (Å²) in [5.74, 6) is -2.20. The molecule has 1 aromatic rings. The first kappa shape index (κ1) is 15.1. The first-order valence-corrected chi connectivity index (χ1v) is 6.79. The molecular weight excluding hydrogens is 330 g/mol. The van der Waals surface area contributed by atoms with Gasteiger partial charge in [0.25, 0.3) is 5.91 Å². The van der Waals surface area contributed by atoms with Crippen molar-refractivity contribution in [2.45, 2.75) is 32.3 Å². The topological polar surface area (TPSA) is 79.2 Å². The van der Waals surface area contributed by atoms with Gasteiger partial charge < -0.3 is 19.7 Å². The number of rotatable bonds is 0. The van der Waals surface area contributed by atoms with Gasteiger partial charge in [0.2, 0.25) is 0 Å². The number of amides is 1. The van der Waals surface area contributed by atoms with E-state index in [1.54, 1.807) is 32.9 Å². The van der Waals surface area contributed by atoms with E-state index in [9.17, 15) is 15.0 Å². The van der Waals surface area contributed by atoms with Gasteiger partial charge in [-0.25, -0.2) is 9.69 Å². The Morgan fingerprint density at radius 1 is 1.45 bits per heavy atom. The van der Waals surface area contributed by atoms with Crippen LogP contribution in [-0.2, 0) is 10.6 Å². The molecule has 2 N–H and O–H groups in total. The molecular formula is C13H16BrNO5. The fraction of sp³-hybridized carbons (Fsp3) is 0.462. The predicted octanol–water partition coefficient (Wildman–Crippen LogP) is 2.13. The lowest BCUT2D eigenvalue weighted by Crippen LogP contribution is -2.55. The third-order valence-corrected chi connectivity index (χ3v) is 3.28. The number of halogens is 1. The highest BCUT2D eigenvalue weighted by Crippen LogP contribution is 2.40. The van der Waals surface area contributed by atoms with Crippen LogP contribution in [0.25, 0.3) is 0 Å². The summed E-state index contributed by atoms with van der Waals surface area (Å²) in [7, 11) is 0. The van der Waals surface area contributed by atoms with Gasteiger partial charge in [0, 0.05) is 0 Å². The van der Waals surface area contributed by atoms with Crippen LogP contribution in [0.1, 0.15) is 26.3 Å². The molecule has 0 atom stereocenters. The number of hydrogen-bond acceptors (Lipinski definition) is 5. The van der Waals surface area contributed by atoms with Crippen molar-refractivity contribution in [2.75, 3.05) is 6.73 Å². The standard InChI is InChI=1S/C13H16BrNO5/c1-12(2,3)20-11(16)15-7-19-10-8(13(15,17)18)5-4-6-9(10)14/h4-6,17-18H,7H2,1-3H3. The van der Waals surface area contributed by atoms with Crippen LogP contribution in [0, 0.1) is 0 Å². The fourth-order valence-corrected chi connectivity index (χ4v) is 2.26. The number of ether oxygens (including phenoxy) is 2. The Bertz CT molecular complexity index is 538. The number of benzene rings is 1. The maximum absolute atomic E-state index is 12.0. The van der Waals surface area contributed by atoms with E-state index in [0.717, 1.165) is 0 Å². The van der Waals surface area contributed by atoms with Gasteiger partial charge in [0.1, 0.15) is 11.4 Å². The number of hydrogen-bond donors (Lipinski definition) is 2. The first-order valence-electron chi connectivity index (χ1n) is 6.00. The first-order chi connectivity index (χ1) is 9.13. The Morgan fingerprint density at radius 3 is 2.70 bits per heavy atom. The molecule has 1 heterocycles. The van der Waals surface area contributed by atoms with E-state index in [4.69, 9.17) is 9.47 Å². The highest BCUT2D eigenvalue weighted by atomic mass is 79.9. The van der Waals surface area contributed by atoms with Crippen molar-refractivity contribution in [3.05, 3.63) is 28.2 Å². The highest BCUT2D eigenvalue weighted by Gasteiger charge is 2.46. The van der Waals surface area contributed by atoms with Crippen molar-refractivity contribution < 1.29 is 24.5 Å². The molecule has 1 aromatic carbocycles. The lowest BCUT2D eigenvalue weighted by Gasteiger charge is -2.40. The molecule has 0 saturated heterocycles. The molecule has 2 rings (SSSR count). The third kappa shape index (κ3) is 2.74. The van der Waals surface area contributed by atoms with Crippen LogP contribution >= 0.6 is 15.9 Å². The third-order valence-electron chi connectivity index (χ3n) is 2.66. The minimum Gasteiger partial charge on any atom is -0.471 e. The number of fused-ring (bicyclic) bond motifs is 1. The minimum atomic E-state index is -2.49. The fourth-order valence-electron chi connectivity index (χ4n) is 1.78. The molecule has 0 bridgehead atoms. The zero-order valence-corrected chi connectivity index (χ0v) is 13.0. The van der Waals surface area contributed by atoms with E-state index in [1.165, 1.54) is 6.07 Å². The van der Waals surface area contributed by atoms with Crippen molar-refractivity contribution in [3.8, 4) is 5.75 Å². The van der Waals surface area contributed by atoms with E-state index < -0.39 is 17.6 Å². The van der Waals surface area contributed by atoms with Gasteiger partial charge in [0.15, 0.2) is 6.73 Å². The highest BCUT2D eigenvalue weighted by molar-refractivity contribution is 9.10. The zero-order chi connectivity index (χ0) is 15.1. The number of nitrogens with zero attached hydrogens (tertiary/aromatic N) is 1. The van der Waals surface area contributed by atoms with Crippen molar-refractivity contribution in [1.29, 1.82) is 0 Å². The van der Waals surface area contributed by atoms with Gasteiger partial charge in [-0.1, -0.05) is 6.07 Å². The number of aliphatic hydroxyl groups is 2. The smallest absolute Gasteiger partial charge is 0.417 e. The largest absolute Gasteiger partial charge is 0.471 e. The van der Waals surface area contributed by atoms with Crippen LogP contribution in [0.2, 0.25) is 0 Å². The van der Waals surface area contributed by atoms with Gasteiger partial charge >= 0.3 is 6.09 Å². The summed E-state index contributed by atoms with van der Waals surface area (Å²) in [6, 6.07) is 4.79. The molecule has 0 aliphatic carbocycles. The summed E-state index contributed by atoms with van der Waals surface area (Å²) in [4.78, 5) is 12.7. The second-order valence-electron chi connectivity index (χ2n) is 5.43. The molecule has 6 nitrogen and oxygen atoms in total. The SMILES string of the molecule is CC(C)(C)OC(=O)N1COc2c(Br)cccc2C1(O)O. The van der Waals surface area contributed by atoms with Crippen LogP contribution in [0.15, 0.2) is 22.7 Å². The second kappa shape index (κ2) is 4.91. The van der Waals surface area contributed by atoms with Crippen molar-refractivity contribution in [2.24, 2.45) is 0 Å². The molecule has 7 heteroatoms. The predicted molar refractivity (Wildman–Crippen MR) is 73.8 cm³/mol. The summed E-state index contributed by atoms with van der Waals surface area (Å²) in [6.45, 7) is 4.75. The maximum Gasteiger partial charge on any atom is 0.417 e. The molecule has 1 aliphatic rings. The van der Waals surface area contributed by atoms with Gasteiger partial charge in [-0.15, -0.1) is 0 Å². The Balaban J connectivity index is 2.34. The van der Waals surface area contributed by atoms with E-state index in [1.807, 2.05) is 0 Å². The van der Waals surface area contributed by atoms with Gasteiger partial charge in [0.05, 0.1) is 10.0 Å². The monoisotopic (exact) mass is 345 g/mol. The van der Waals surface area contributed by atoms with E-state index in [-0.39, 0.29) is 18.0 Å². The van der Waals surface area contributed by atoms with Crippen molar-refractivity contribution >= 4 is 22.0 Å². The van der Waals surface area contributed by atoms with Crippen molar-refractivity contribution in [1.82, 2.24) is 4.90 Å². The van der Waals surface area contributed by atoms with Gasteiger partial charge in [-0.3, -0.25) is 0 Å². The Hall–Kier alpha value is -1.31. The Morgan fingerprint density at radius 2 is 2.10 bits per heavy atom. The van der Waals surface area contributed by atoms with Crippen LogP contribution < -0.4 is 4.74 Å². The van der Waals surface area contributed by atoms with E-state index in [2.05, 4.69) is 15.9 Å². The van der Waals surface area contributed by atoms with Crippen LogP contribution in [-0.4, -0.2) is 33.5 Å². The molecule has 110 valence electrons. The number of carbonyl (C=O) groups is 1. The number of carbonyl (C=O) groups excluding carboxylic acids is 1. The van der Waals surface area contributed by atoms with Crippen LogP contribution in [0.5, 0.6) is 5.75 Å². The van der Waals surface area contributed by atoms with Gasteiger partial charge in [-0.05, 0) is 48.8 Å². The van der Waals surface area contributed by atoms with Crippen LogP contribution in [0.3, 0.4) is 0 Å². The van der Waals surface area contributed by atoms with E-state index >= 15 is 0 Å². The maximum atomic E-state index is 12.0. The molecule has 0 aromatic heterocycles. The minimum absolute atomic E-state index is 0.0731. The molecule has 0 fully saturated rings. The lowest BCUT2D eigenvalue weighted by molar-refractivity contribution is -0.283. The second-order valence-corrected chi connectivity index (χ2v) is 6.29. The summed E-state index contributed by atoms with van der Waals surface area (Å²) in [5.41, 5.74) is -0.672. The zero-order valence-electron chi connectivity index (χ0n) is 11.4. The number of para-hydroxylation sites is 1.